The lowest BCUT2D eigenvalue weighted by Gasteiger charge is -2.45. The second-order valence-electron chi connectivity index (χ2n) is 5.56. The molecule has 2 saturated heterocycles. The zero-order valence-corrected chi connectivity index (χ0v) is 14.0. The average Bonchev–Trinajstić information content (AvgIpc) is 2.48. The van der Waals surface area contributed by atoms with Crippen LogP contribution >= 0.6 is 12.4 Å². The van der Waals surface area contributed by atoms with E-state index in [4.69, 9.17) is 0 Å². The molecule has 2 aliphatic rings. The molecule has 1 N–H and O–H groups in total. The molecule has 6 heteroatoms. The highest BCUT2D eigenvalue weighted by atomic mass is 35.5. The van der Waals surface area contributed by atoms with Crippen LogP contribution < -0.4 is 5.32 Å². The molecule has 0 bridgehead atoms. The van der Waals surface area contributed by atoms with Gasteiger partial charge in [0.1, 0.15) is 0 Å². The summed E-state index contributed by atoms with van der Waals surface area (Å²) in [6.45, 7) is 16.3. The monoisotopic (exact) mass is 305 g/mol. The fourth-order valence-electron chi connectivity index (χ4n) is 3.10. The summed E-state index contributed by atoms with van der Waals surface area (Å²) in [6.07, 6.45) is 2.50. The minimum Gasteiger partial charge on any atom is -0.314 e. The number of halogens is 1. The summed E-state index contributed by atoms with van der Waals surface area (Å²) in [5, 5.41) is 13.7. The maximum absolute atomic E-state index is 3.43. The lowest BCUT2D eigenvalue weighted by Crippen LogP contribution is -2.60. The minimum absolute atomic E-state index is 0. The summed E-state index contributed by atoms with van der Waals surface area (Å²) in [5.41, 5.74) is 0. The Balaban J connectivity index is 0.00000200. The summed E-state index contributed by atoms with van der Waals surface area (Å²) in [5.74, 6) is 0. The van der Waals surface area contributed by atoms with Gasteiger partial charge in [0.2, 0.25) is 0 Å². The van der Waals surface area contributed by atoms with Crippen LogP contribution in [0.4, 0.5) is 0 Å². The predicted molar refractivity (Wildman–Crippen MR) is 87.0 cm³/mol. The summed E-state index contributed by atoms with van der Waals surface area (Å²) in [7, 11) is 0. The van der Waals surface area contributed by atoms with E-state index < -0.39 is 0 Å². The molecule has 0 aromatic heterocycles. The molecule has 2 aliphatic heterocycles. The second kappa shape index (κ2) is 9.92. The van der Waals surface area contributed by atoms with Crippen molar-refractivity contribution in [1.29, 1.82) is 0 Å². The topological polar surface area (TPSA) is 25.0 Å². The molecule has 5 nitrogen and oxygen atoms in total. The maximum atomic E-state index is 3.43. The van der Waals surface area contributed by atoms with E-state index in [-0.39, 0.29) is 12.4 Å². The van der Waals surface area contributed by atoms with Crippen molar-refractivity contribution in [2.24, 2.45) is 0 Å². The van der Waals surface area contributed by atoms with Gasteiger partial charge in [0.15, 0.2) is 0 Å². The highest BCUT2D eigenvalue weighted by molar-refractivity contribution is 5.85. The molecule has 0 amide bonds. The first-order chi connectivity index (χ1) is 9.35. The molecule has 0 unspecified atom stereocenters. The molecule has 2 heterocycles. The van der Waals surface area contributed by atoms with Crippen molar-refractivity contribution < 1.29 is 0 Å². The number of nitrogens with one attached hydrogen (secondary N) is 1. The second-order valence-corrected chi connectivity index (χ2v) is 5.56. The Kier molecular flexibility index (Phi) is 9.00. The first kappa shape index (κ1) is 18.1. The molecule has 0 spiro atoms. The Labute approximate surface area is 130 Å². The smallest absolute Gasteiger partial charge is 0.0275 e. The highest BCUT2D eigenvalue weighted by Gasteiger charge is 2.25. The van der Waals surface area contributed by atoms with Crippen molar-refractivity contribution in [3.05, 3.63) is 0 Å². The molecule has 2 fully saturated rings. The average molecular weight is 306 g/mol. The fourth-order valence-corrected chi connectivity index (χ4v) is 3.10. The largest absolute Gasteiger partial charge is 0.314 e. The maximum Gasteiger partial charge on any atom is 0.0275 e. The summed E-state index contributed by atoms with van der Waals surface area (Å²) >= 11 is 0. The third kappa shape index (κ3) is 5.13. The van der Waals surface area contributed by atoms with E-state index in [9.17, 15) is 0 Å². The molecule has 2 rings (SSSR count). The van der Waals surface area contributed by atoms with Gasteiger partial charge in [-0.3, -0.25) is 0 Å². The number of piperazine rings is 2. The van der Waals surface area contributed by atoms with E-state index in [1.807, 2.05) is 0 Å². The van der Waals surface area contributed by atoms with E-state index in [1.54, 1.807) is 0 Å². The van der Waals surface area contributed by atoms with Gasteiger partial charge in [0, 0.05) is 65.4 Å². The third-order valence-electron chi connectivity index (χ3n) is 4.09. The third-order valence-corrected chi connectivity index (χ3v) is 4.09. The molecule has 0 atom stereocenters. The van der Waals surface area contributed by atoms with Crippen LogP contribution in [0.25, 0.3) is 0 Å². The van der Waals surface area contributed by atoms with Gasteiger partial charge in [-0.1, -0.05) is 13.8 Å². The number of nitrogens with zero attached hydrogens (tertiary/aromatic N) is 4. The number of hydrogen-bond acceptors (Lipinski definition) is 5. The van der Waals surface area contributed by atoms with Crippen LogP contribution in [-0.4, -0.2) is 85.5 Å². The summed E-state index contributed by atoms with van der Waals surface area (Å²) in [6, 6.07) is 0. The van der Waals surface area contributed by atoms with Crippen molar-refractivity contribution in [2.75, 3.05) is 65.4 Å². The lowest BCUT2D eigenvalue weighted by atomic mass is 10.3. The molecule has 120 valence electrons. The lowest BCUT2D eigenvalue weighted by molar-refractivity contribution is -0.118. The van der Waals surface area contributed by atoms with Crippen LogP contribution in [0.2, 0.25) is 0 Å². The van der Waals surface area contributed by atoms with Gasteiger partial charge in [-0.05, 0) is 12.8 Å². The minimum atomic E-state index is 0. The van der Waals surface area contributed by atoms with E-state index >= 15 is 0 Å². The van der Waals surface area contributed by atoms with Crippen molar-refractivity contribution in [1.82, 2.24) is 25.4 Å². The van der Waals surface area contributed by atoms with E-state index in [0.29, 0.717) is 0 Å². The van der Waals surface area contributed by atoms with E-state index in [2.05, 4.69) is 39.2 Å². The van der Waals surface area contributed by atoms with E-state index in [0.717, 1.165) is 13.1 Å². The Morgan fingerprint density at radius 3 is 1.80 bits per heavy atom. The molecule has 0 radical (unpaired) electrons. The fraction of sp³-hybridized carbons (Fsp3) is 1.00. The van der Waals surface area contributed by atoms with Gasteiger partial charge >= 0.3 is 0 Å². The molecule has 20 heavy (non-hydrogen) atoms. The molecular formula is C14H32ClN5. The van der Waals surface area contributed by atoms with Gasteiger partial charge in [0.05, 0.1) is 0 Å². The van der Waals surface area contributed by atoms with Gasteiger partial charge in [-0.2, -0.15) is 0 Å². The first-order valence-corrected chi connectivity index (χ1v) is 8.05. The molecule has 0 aliphatic carbocycles. The Hall–Kier alpha value is 0.0900. The normalized spacial score (nSPS) is 22.9. The van der Waals surface area contributed by atoms with Gasteiger partial charge in [-0.25, -0.2) is 20.0 Å². The zero-order chi connectivity index (χ0) is 13.5. The molecular weight excluding hydrogens is 274 g/mol. The number of hydrazine groups is 2. The summed E-state index contributed by atoms with van der Waals surface area (Å²) in [4.78, 5) is 0. The van der Waals surface area contributed by atoms with Gasteiger partial charge < -0.3 is 5.32 Å². The summed E-state index contributed by atoms with van der Waals surface area (Å²) < 4.78 is 0. The van der Waals surface area contributed by atoms with Crippen LogP contribution in [0.15, 0.2) is 0 Å². The van der Waals surface area contributed by atoms with Crippen molar-refractivity contribution in [2.45, 2.75) is 26.7 Å². The van der Waals surface area contributed by atoms with Crippen LogP contribution in [0.5, 0.6) is 0 Å². The van der Waals surface area contributed by atoms with Crippen LogP contribution in [0.3, 0.4) is 0 Å². The highest BCUT2D eigenvalue weighted by Crippen LogP contribution is 2.10. The van der Waals surface area contributed by atoms with Gasteiger partial charge in [0.25, 0.3) is 0 Å². The molecule has 0 saturated carbocycles. The Morgan fingerprint density at radius 1 is 0.800 bits per heavy atom. The first-order valence-electron chi connectivity index (χ1n) is 8.05. The molecule has 0 aromatic rings. The van der Waals surface area contributed by atoms with Crippen molar-refractivity contribution in [3.63, 3.8) is 0 Å². The van der Waals surface area contributed by atoms with Crippen molar-refractivity contribution in [3.8, 4) is 0 Å². The SMILES string of the molecule is CCCN(CCC)N1CCN(N2CCNCC2)CC1.Cl. The quantitative estimate of drug-likeness (QED) is 0.786. The van der Waals surface area contributed by atoms with Crippen LogP contribution in [0.1, 0.15) is 26.7 Å². The number of rotatable bonds is 6. The van der Waals surface area contributed by atoms with Gasteiger partial charge in [-0.15, -0.1) is 12.4 Å². The predicted octanol–water partition coefficient (Wildman–Crippen LogP) is 0.883. The molecule has 0 aromatic carbocycles. The van der Waals surface area contributed by atoms with Crippen LogP contribution in [-0.2, 0) is 0 Å². The van der Waals surface area contributed by atoms with Crippen LogP contribution in [0, 0.1) is 0 Å². The van der Waals surface area contributed by atoms with Crippen molar-refractivity contribution >= 4 is 12.4 Å². The zero-order valence-electron chi connectivity index (χ0n) is 13.2. The Morgan fingerprint density at radius 2 is 1.30 bits per heavy atom. The Bertz CT molecular complexity index is 234. The van der Waals surface area contributed by atoms with E-state index in [1.165, 1.54) is 65.2 Å². The number of hydrogen-bond donors (Lipinski definition) is 1. The standard InChI is InChI=1S/C14H31N5.ClH/c1-3-7-16(8-4-2)18-11-13-19(14-12-18)17-9-5-15-6-10-17;/h15H,3-14H2,1-2H3;1H.